The van der Waals surface area contributed by atoms with E-state index in [2.05, 4.69) is 44.9 Å². The van der Waals surface area contributed by atoms with Crippen LogP contribution in [0.4, 0.5) is 5.13 Å². The molecule has 6 atom stereocenters. The van der Waals surface area contributed by atoms with E-state index >= 15 is 0 Å². The first-order valence-electron chi connectivity index (χ1n) is 15.6. The smallest absolute Gasteiger partial charge is 0.257 e. The van der Waals surface area contributed by atoms with Crippen LogP contribution in [-0.4, -0.2) is 79.7 Å². The van der Waals surface area contributed by atoms with Gasteiger partial charge in [-0.2, -0.15) is 0 Å². The van der Waals surface area contributed by atoms with Gasteiger partial charge < -0.3 is 19.8 Å². The zero-order valence-corrected chi connectivity index (χ0v) is 26.7. The van der Waals surface area contributed by atoms with Gasteiger partial charge in [0.1, 0.15) is 32.7 Å². The largest absolute Gasteiger partial charge is 0.392 e. The summed E-state index contributed by atoms with van der Waals surface area (Å²) in [6.45, 7) is 16.4. The van der Waals surface area contributed by atoms with Gasteiger partial charge in [0.05, 0.1) is 18.8 Å². The lowest BCUT2D eigenvalue weighted by Crippen LogP contribution is -3.26. The van der Waals surface area contributed by atoms with Crippen molar-refractivity contribution in [1.82, 2.24) is 9.88 Å². The predicted octanol–water partition coefficient (Wildman–Crippen LogP) is 1.64. The number of carbonyl (C=O) groups is 2. The lowest BCUT2D eigenvalue weighted by molar-refractivity contribution is -1.01. The molecule has 0 unspecified atom stereocenters. The molecule has 2 amide bonds. The average molecular weight is 596 g/mol. The van der Waals surface area contributed by atoms with Crippen molar-refractivity contribution in [2.75, 3.05) is 52.1 Å². The molecule has 5 rings (SSSR count). The van der Waals surface area contributed by atoms with Crippen molar-refractivity contribution in [3.8, 4) is 0 Å². The van der Waals surface area contributed by atoms with Crippen LogP contribution in [0.25, 0.3) is 0 Å². The number of fused-ring (bicyclic) bond motifs is 2. The number of quaternary nitrogens is 2. The van der Waals surface area contributed by atoms with E-state index in [9.17, 15) is 14.7 Å². The Balaban J connectivity index is 1.25. The maximum absolute atomic E-state index is 13.2. The maximum atomic E-state index is 13.2. The van der Waals surface area contributed by atoms with E-state index in [0.717, 1.165) is 31.5 Å². The molecule has 9 heteroatoms. The lowest BCUT2D eigenvalue weighted by atomic mass is 9.53. The van der Waals surface area contributed by atoms with E-state index in [1.807, 2.05) is 19.1 Å². The van der Waals surface area contributed by atoms with Crippen LogP contribution in [0.3, 0.4) is 0 Å². The number of carbonyl (C=O) groups excluding carboxylic acids is 2. The monoisotopic (exact) mass is 595 g/mol. The van der Waals surface area contributed by atoms with Gasteiger partial charge >= 0.3 is 0 Å². The van der Waals surface area contributed by atoms with Crippen molar-refractivity contribution in [2.45, 2.75) is 58.6 Å². The molecule has 42 heavy (non-hydrogen) atoms. The Kier molecular flexibility index (Phi) is 9.23. The SMILES string of the molecule is C=CCN(C)C(=O)[C@@H](C)[C@@H]1CC[C@]2(C)Cc3sc(NC(=O)c4ccc(C[NH+]5CC[NH+](C)CC5)cc4)nc3[C@@H](C)[C@@H]2[C@H]1O. The number of anilines is 1. The fraction of sp³-hybridized carbons (Fsp3) is 0.606. The Labute approximate surface area is 254 Å². The molecular weight excluding hydrogens is 546 g/mol. The number of aromatic nitrogens is 1. The van der Waals surface area contributed by atoms with Crippen LogP contribution in [0, 0.1) is 23.2 Å². The molecule has 1 aromatic carbocycles. The van der Waals surface area contributed by atoms with Crippen LogP contribution in [0.15, 0.2) is 36.9 Å². The second-order valence-electron chi connectivity index (χ2n) is 13.5. The summed E-state index contributed by atoms with van der Waals surface area (Å²) >= 11 is 1.57. The zero-order valence-electron chi connectivity index (χ0n) is 25.9. The van der Waals surface area contributed by atoms with Crippen LogP contribution < -0.4 is 15.1 Å². The Morgan fingerprint density at radius 3 is 2.62 bits per heavy atom. The zero-order chi connectivity index (χ0) is 30.2. The van der Waals surface area contributed by atoms with Crippen molar-refractivity contribution in [2.24, 2.45) is 23.2 Å². The molecule has 3 aliphatic rings. The number of nitrogens with zero attached hydrogens (tertiary/aromatic N) is 2. The molecule has 1 aromatic heterocycles. The van der Waals surface area contributed by atoms with Gasteiger partial charge in [0.2, 0.25) is 5.91 Å². The summed E-state index contributed by atoms with van der Waals surface area (Å²) in [5.74, 6) is -0.402. The molecular formula is C33H49N5O3S+2. The summed E-state index contributed by atoms with van der Waals surface area (Å²) in [7, 11) is 4.05. The third-order valence-electron chi connectivity index (χ3n) is 10.4. The van der Waals surface area contributed by atoms with Gasteiger partial charge in [-0.15, -0.1) is 17.9 Å². The number of aliphatic hydroxyl groups is 1. The molecule has 1 saturated carbocycles. The predicted molar refractivity (Wildman–Crippen MR) is 167 cm³/mol. The van der Waals surface area contributed by atoms with Crippen LogP contribution >= 0.6 is 11.3 Å². The highest BCUT2D eigenvalue weighted by atomic mass is 32.1. The summed E-state index contributed by atoms with van der Waals surface area (Å²) in [6.07, 6.45) is 3.75. The third-order valence-corrected chi connectivity index (χ3v) is 11.4. The van der Waals surface area contributed by atoms with E-state index in [1.54, 1.807) is 39.2 Å². The van der Waals surface area contributed by atoms with E-state index < -0.39 is 6.10 Å². The van der Waals surface area contributed by atoms with Crippen LogP contribution in [0.1, 0.15) is 66.0 Å². The van der Waals surface area contributed by atoms with E-state index in [0.29, 0.717) is 17.2 Å². The number of hydrogen-bond acceptors (Lipinski definition) is 5. The number of hydrogen-bond donors (Lipinski definition) is 4. The molecule has 1 saturated heterocycles. The number of rotatable bonds is 8. The highest BCUT2D eigenvalue weighted by Gasteiger charge is 2.54. The third kappa shape index (κ3) is 6.20. The van der Waals surface area contributed by atoms with Gasteiger partial charge in [-0.3, -0.25) is 14.9 Å². The molecule has 8 nitrogen and oxygen atoms in total. The number of benzene rings is 1. The quantitative estimate of drug-likeness (QED) is 0.350. The Morgan fingerprint density at radius 1 is 1.26 bits per heavy atom. The summed E-state index contributed by atoms with van der Waals surface area (Å²) < 4.78 is 0. The van der Waals surface area contributed by atoms with Crippen LogP contribution in [0.5, 0.6) is 0 Å². The van der Waals surface area contributed by atoms with Crippen molar-refractivity contribution in [1.29, 1.82) is 0 Å². The number of piperazine rings is 1. The van der Waals surface area contributed by atoms with Crippen molar-refractivity contribution >= 4 is 28.3 Å². The van der Waals surface area contributed by atoms with Gasteiger partial charge in [0.15, 0.2) is 5.13 Å². The van der Waals surface area contributed by atoms with Crippen LogP contribution in [0.2, 0.25) is 0 Å². The molecule has 2 fully saturated rings. The topological polar surface area (TPSA) is 91.4 Å². The highest BCUT2D eigenvalue weighted by Crippen LogP contribution is 2.57. The molecule has 4 N–H and O–H groups in total. The average Bonchev–Trinajstić information content (AvgIpc) is 3.35. The van der Waals surface area contributed by atoms with E-state index in [1.165, 1.54) is 36.6 Å². The molecule has 2 aliphatic carbocycles. The van der Waals surface area contributed by atoms with Gasteiger partial charge in [-0.25, -0.2) is 4.98 Å². The summed E-state index contributed by atoms with van der Waals surface area (Å²) in [6, 6.07) is 7.99. The Hall–Kier alpha value is -2.59. The Bertz CT molecular complexity index is 1290. The number of thiazole rings is 1. The minimum Gasteiger partial charge on any atom is -0.392 e. The molecule has 228 valence electrons. The molecule has 2 aromatic rings. The first-order chi connectivity index (χ1) is 20.0. The minimum absolute atomic E-state index is 0.00532. The van der Waals surface area contributed by atoms with Crippen molar-refractivity contribution in [3.63, 3.8) is 0 Å². The molecule has 0 radical (unpaired) electrons. The first-order valence-corrected chi connectivity index (χ1v) is 16.4. The fourth-order valence-electron chi connectivity index (χ4n) is 7.85. The molecule has 1 aliphatic heterocycles. The van der Waals surface area contributed by atoms with Gasteiger partial charge in [0.25, 0.3) is 5.91 Å². The highest BCUT2D eigenvalue weighted by molar-refractivity contribution is 7.15. The fourth-order valence-corrected chi connectivity index (χ4v) is 9.11. The Morgan fingerprint density at radius 2 is 1.95 bits per heavy atom. The lowest BCUT2D eigenvalue weighted by Gasteiger charge is -2.53. The normalized spacial score (nSPS) is 31.4. The summed E-state index contributed by atoms with van der Waals surface area (Å²) in [5, 5.41) is 15.4. The maximum Gasteiger partial charge on any atom is 0.257 e. The van der Waals surface area contributed by atoms with E-state index in [4.69, 9.17) is 4.98 Å². The van der Waals surface area contributed by atoms with Crippen molar-refractivity contribution < 1.29 is 24.5 Å². The number of amides is 2. The van der Waals surface area contributed by atoms with E-state index in [-0.39, 0.29) is 40.9 Å². The standard InChI is InChI=1S/C33H47N5O3S/c1-7-14-37(6)31(41)21(2)25-12-13-33(4)19-26-28(22(3)27(33)29(25)39)34-32(42-26)35-30(40)24-10-8-23(9-11-24)20-38-17-15-36(5)16-18-38/h7-11,21-22,25,27,29,39H,1,12-20H2,2-6H3,(H,34,35,40)/p+2/t21-,22-,25-,27+,29-,33+/m0/s1. The second kappa shape index (κ2) is 12.6. The number of nitrogens with one attached hydrogen (secondary N) is 3. The van der Waals surface area contributed by atoms with Gasteiger partial charge in [-0.05, 0) is 48.6 Å². The number of aliphatic hydroxyl groups excluding tert-OH is 1. The van der Waals surface area contributed by atoms with Crippen LogP contribution in [-0.2, 0) is 17.8 Å². The molecule has 2 heterocycles. The van der Waals surface area contributed by atoms with Gasteiger partial charge in [-0.1, -0.05) is 39.0 Å². The number of likely N-dealkylation sites (N-methyl/N-ethyl adjacent to an activating group) is 2. The van der Waals surface area contributed by atoms with Gasteiger partial charge in [0, 0.05) is 41.4 Å². The minimum atomic E-state index is -0.588. The summed E-state index contributed by atoms with van der Waals surface area (Å²) in [4.78, 5) is 37.2. The molecule has 0 spiro atoms. The second-order valence-corrected chi connectivity index (χ2v) is 14.6. The molecule has 0 bridgehead atoms. The van der Waals surface area contributed by atoms with Crippen molar-refractivity contribution in [3.05, 3.63) is 58.6 Å². The summed E-state index contributed by atoms with van der Waals surface area (Å²) in [5.41, 5.74) is 2.80. The first kappa shape index (κ1) is 30.9.